The summed E-state index contributed by atoms with van der Waals surface area (Å²) < 4.78 is 5.32. The first kappa shape index (κ1) is 20.1. The Morgan fingerprint density at radius 2 is 1.86 bits per heavy atom. The smallest absolute Gasteiger partial charge is 0.294 e. The molecule has 0 spiro atoms. The first-order chi connectivity index (χ1) is 13.4. The summed E-state index contributed by atoms with van der Waals surface area (Å²) >= 11 is 6.22. The number of nitro benzene ring substituents is 1. The van der Waals surface area contributed by atoms with E-state index >= 15 is 0 Å². The average molecular weight is 404 g/mol. The highest BCUT2D eigenvalue weighted by Crippen LogP contribution is 2.37. The molecule has 1 heterocycles. The number of benzene rings is 2. The highest BCUT2D eigenvalue weighted by atomic mass is 35.5. The van der Waals surface area contributed by atoms with Crippen molar-refractivity contribution < 1.29 is 14.5 Å². The molecule has 0 saturated carbocycles. The van der Waals surface area contributed by atoms with E-state index in [1.807, 2.05) is 17.0 Å². The maximum absolute atomic E-state index is 12.6. The van der Waals surface area contributed by atoms with E-state index in [1.54, 1.807) is 18.2 Å². The molecule has 28 heavy (non-hydrogen) atoms. The van der Waals surface area contributed by atoms with E-state index in [4.69, 9.17) is 16.3 Å². The molecule has 7 nitrogen and oxygen atoms in total. The fourth-order valence-corrected chi connectivity index (χ4v) is 3.27. The van der Waals surface area contributed by atoms with Gasteiger partial charge in [0, 0.05) is 24.7 Å². The maximum atomic E-state index is 12.6. The lowest BCUT2D eigenvalue weighted by Crippen LogP contribution is -2.36. The Balaban J connectivity index is 1.88. The van der Waals surface area contributed by atoms with Gasteiger partial charge in [0.25, 0.3) is 11.6 Å². The normalized spacial score (nSPS) is 14.2. The number of rotatable bonds is 5. The number of nitro groups is 1. The number of ether oxygens (including phenoxy) is 1. The number of hydrogen-bond donors (Lipinski definition) is 1. The van der Waals surface area contributed by atoms with Gasteiger partial charge in [0.2, 0.25) is 0 Å². The van der Waals surface area contributed by atoms with Crippen LogP contribution in [0.2, 0.25) is 5.02 Å². The van der Waals surface area contributed by atoms with Crippen molar-refractivity contribution in [2.75, 3.05) is 36.5 Å². The Bertz CT molecular complexity index is 878. The van der Waals surface area contributed by atoms with Gasteiger partial charge < -0.3 is 15.0 Å². The van der Waals surface area contributed by atoms with E-state index in [-0.39, 0.29) is 16.6 Å². The Kier molecular flexibility index (Phi) is 6.16. The van der Waals surface area contributed by atoms with Crippen LogP contribution in [0, 0.1) is 10.1 Å². The summed E-state index contributed by atoms with van der Waals surface area (Å²) in [7, 11) is 0. The molecule has 1 amide bonds. The first-order valence-corrected chi connectivity index (χ1v) is 9.46. The van der Waals surface area contributed by atoms with Crippen LogP contribution >= 0.6 is 11.6 Å². The van der Waals surface area contributed by atoms with Crippen molar-refractivity contribution in [2.24, 2.45) is 0 Å². The third-order valence-electron chi connectivity index (χ3n) is 4.70. The number of amides is 1. The van der Waals surface area contributed by atoms with E-state index in [0.29, 0.717) is 49.2 Å². The summed E-state index contributed by atoms with van der Waals surface area (Å²) in [5, 5.41) is 14.4. The van der Waals surface area contributed by atoms with Gasteiger partial charge in [-0.15, -0.1) is 0 Å². The molecule has 1 saturated heterocycles. The molecule has 3 rings (SSSR count). The van der Waals surface area contributed by atoms with E-state index in [9.17, 15) is 14.9 Å². The highest BCUT2D eigenvalue weighted by molar-refractivity contribution is 6.34. The van der Waals surface area contributed by atoms with Gasteiger partial charge in [-0.3, -0.25) is 14.9 Å². The fraction of sp³-hybridized carbons (Fsp3) is 0.350. The number of anilines is 2. The lowest BCUT2D eigenvalue weighted by atomic mass is 10.0. The van der Waals surface area contributed by atoms with Crippen LogP contribution in [0.3, 0.4) is 0 Å². The molecule has 1 N–H and O–H groups in total. The van der Waals surface area contributed by atoms with Crippen LogP contribution in [0.15, 0.2) is 36.4 Å². The number of nitrogens with zero attached hydrogens (tertiary/aromatic N) is 2. The summed E-state index contributed by atoms with van der Waals surface area (Å²) in [6.45, 7) is 6.21. The summed E-state index contributed by atoms with van der Waals surface area (Å²) in [5.41, 5.74) is 2.30. The van der Waals surface area contributed by atoms with Crippen LogP contribution in [0.5, 0.6) is 0 Å². The molecule has 148 valence electrons. The average Bonchev–Trinajstić information content (AvgIpc) is 2.69. The minimum absolute atomic E-state index is 0.0915. The zero-order valence-corrected chi connectivity index (χ0v) is 16.5. The maximum Gasteiger partial charge on any atom is 0.294 e. The van der Waals surface area contributed by atoms with Crippen LogP contribution < -0.4 is 10.2 Å². The zero-order chi connectivity index (χ0) is 20.3. The number of carbonyl (C=O) groups excluding carboxylic acids is 1. The van der Waals surface area contributed by atoms with Gasteiger partial charge in [-0.1, -0.05) is 37.6 Å². The van der Waals surface area contributed by atoms with Crippen molar-refractivity contribution in [3.8, 4) is 0 Å². The van der Waals surface area contributed by atoms with Crippen LogP contribution in [0.4, 0.5) is 17.1 Å². The van der Waals surface area contributed by atoms with E-state index < -0.39 is 4.92 Å². The predicted molar refractivity (Wildman–Crippen MR) is 110 cm³/mol. The SMILES string of the molecule is CC(C)c1ccc(C(=O)Nc2cc(N3CCOCC3)c([N+](=O)[O-])cc2Cl)cc1. The molecular formula is C20H22ClN3O4. The van der Waals surface area contributed by atoms with Gasteiger partial charge in [-0.2, -0.15) is 0 Å². The molecule has 0 atom stereocenters. The molecule has 1 aliphatic heterocycles. The van der Waals surface area contributed by atoms with Crippen LogP contribution in [-0.4, -0.2) is 37.1 Å². The fourth-order valence-electron chi connectivity index (χ4n) is 3.06. The number of nitrogens with one attached hydrogen (secondary N) is 1. The van der Waals surface area contributed by atoms with Crippen LogP contribution in [0.1, 0.15) is 35.7 Å². The minimum atomic E-state index is -0.465. The Hall–Kier alpha value is -2.64. The number of morpholine rings is 1. The molecule has 2 aromatic carbocycles. The molecule has 0 aromatic heterocycles. The summed E-state index contributed by atoms with van der Waals surface area (Å²) in [6.07, 6.45) is 0. The first-order valence-electron chi connectivity index (χ1n) is 9.08. The molecule has 0 radical (unpaired) electrons. The number of halogens is 1. The highest BCUT2D eigenvalue weighted by Gasteiger charge is 2.24. The molecule has 0 aliphatic carbocycles. The largest absolute Gasteiger partial charge is 0.378 e. The van der Waals surface area contributed by atoms with Crippen LogP contribution in [0.25, 0.3) is 0 Å². The van der Waals surface area contributed by atoms with Crippen molar-refractivity contribution in [1.29, 1.82) is 0 Å². The second-order valence-corrected chi connectivity index (χ2v) is 7.32. The predicted octanol–water partition coefficient (Wildman–Crippen LogP) is 4.46. The minimum Gasteiger partial charge on any atom is -0.378 e. The van der Waals surface area contributed by atoms with Gasteiger partial charge in [0.05, 0.1) is 28.8 Å². The lowest BCUT2D eigenvalue weighted by Gasteiger charge is -2.29. The molecule has 1 aliphatic rings. The molecule has 8 heteroatoms. The summed E-state index contributed by atoms with van der Waals surface area (Å²) in [6, 6.07) is 10.2. The van der Waals surface area contributed by atoms with Crippen molar-refractivity contribution in [3.05, 3.63) is 62.7 Å². The van der Waals surface area contributed by atoms with Gasteiger partial charge in [-0.05, 0) is 29.7 Å². The quantitative estimate of drug-likeness (QED) is 0.588. The molecular weight excluding hydrogens is 382 g/mol. The van der Waals surface area contributed by atoms with Gasteiger partial charge in [-0.25, -0.2) is 0 Å². The third kappa shape index (κ3) is 4.43. The summed E-state index contributed by atoms with van der Waals surface area (Å²) in [4.78, 5) is 25.5. The zero-order valence-electron chi connectivity index (χ0n) is 15.8. The molecule has 1 fully saturated rings. The van der Waals surface area contributed by atoms with Crippen molar-refractivity contribution in [3.63, 3.8) is 0 Å². The molecule has 2 aromatic rings. The van der Waals surface area contributed by atoms with Crippen LogP contribution in [-0.2, 0) is 4.74 Å². The number of carbonyl (C=O) groups is 1. The third-order valence-corrected chi connectivity index (χ3v) is 5.01. The summed E-state index contributed by atoms with van der Waals surface area (Å²) in [5.74, 6) is 0.0521. The Morgan fingerprint density at radius 3 is 2.43 bits per heavy atom. The van der Waals surface area contributed by atoms with Gasteiger partial charge >= 0.3 is 0 Å². The van der Waals surface area contributed by atoms with E-state index in [1.165, 1.54) is 6.07 Å². The van der Waals surface area contributed by atoms with Gasteiger partial charge in [0.1, 0.15) is 5.69 Å². The monoisotopic (exact) mass is 403 g/mol. The Morgan fingerprint density at radius 1 is 1.21 bits per heavy atom. The lowest BCUT2D eigenvalue weighted by molar-refractivity contribution is -0.384. The second-order valence-electron chi connectivity index (χ2n) is 6.91. The molecule has 0 bridgehead atoms. The standard InChI is InChI=1S/C20H22ClN3O4/c1-13(2)14-3-5-15(6-4-14)20(25)22-17-12-18(23-7-9-28-10-8-23)19(24(26)27)11-16(17)21/h3-6,11-13H,7-10H2,1-2H3,(H,22,25). The van der Waals surface area contributed by atoms with E-state index in [0.717, 1.165) is 5.56 Å². The topological polar surface area (TPSA) is 84.7 Å². The van der Waals surface area contributed by atoms with Crippen molar-refractivity contribution in [2.45, 2.75) is 19.8 Å². The molecule has 0 unspecified atom stereocenters. The van der Waals surface area contributed by atoms with Crippen molar-refractivity contribution >= 4 is 34.6 Å². The van der Waals surface area contributed by atoms with E-state index in [2.05, 4.69) is 19.2 Å². The second kappa shape index (κ2) is 8.58. The van der Waals surface area contributed by atoms with Crippen molar-refractivity contribution in [1.82, 2.24) is 0 Å². The van der Waals surface area contributed by atoms with Gasteiger partial charge in [0.15, 0.2) is 0 Å². The number of hydrogen-bond acceptors (Lipinski definition) is 5. The Labute approximate surface area is 168 Å².